The number of hydrogen-bond acceptors (Lipinski definition) is 6. The molecular formula is C32H27N3O4S. The number of ketones is 1. The van der Waals surface area contributed by atoms with Crippen LogP contribution in [0.15, 0.2) is 72.8 Å². The molecular weight excluding hydrogens is 522 g/mol. The molecule has 40 heavy (non-hydrogen) atoms. The Kier molecular flexibility index (Phi) is 6.20. The van der Waals surface area contributed by atoms with Gasteiger partial charge in [-0.15, -0.1) is 11.3 Å². The quantitative estimate of drug-likeness (QED) is 0.284. The first-order valence-corrected chi connectivity index (χ1v) is 14.5. The van der Waals surface area contributed by atoms with Crippen molar-refractivity contribution in [2.24, 2.45) is 5.92 Å². The maximum absolute atomic E-state index is 14.0. The van der Waals surface area contributed by atoms with Crippen LogP contribution in [0.25, 0.3) is 10.4 Å². The van der Waals surface area contributed by atoms with Gasteiger partial charge in [-0.05, 0) is 67.1 Å². The highest BCUT2D eigenvalue weighted by Crippen LogP contribution is 2.43. The van der Waals surface area contributed by atoms with Crippen LogP contribution in [0.3, 0.4) is 0 Å². The van der Waals surface area contributed by atoms with Crippen LogP contribution >= 0.6 is 11.3 Å². The second kappa shape index (κ2) is 10.0. The van der Waals surface area contributed by atoms with Crippen LogP contribution in [0.2, 0.25) is 0 Å². The molecule has 3 aliphatic rings. The van der Waals surface area contributed by atoms with E-state index in [2.05, 4.69) is 4.98 Å². The zero-order chi connectivity index (χ0) is 27.2. The van der Waals surface area contributed by atoms with E-state index in [4.69, 9.17) is 4.74 Å². The molecule has 1 fully saturated rings. The summed E-state index contributed by atoms with van der Waals surface area (Å²) in [5.41, 5.74) is 3.59. The number of ether oxygens (including phenoxy) is 1. The summed E-state index contributed by atoms with van der Waals surface area (Å²) in [6.07, 6.45) is 3.57. The zero-order valence-corrected chi connectivity index (χ0v) is 22.7. The molecule has 0 radical (unpaired) electrons. The number of para-hydroxylation sites is 2. The summed E-state index contributed by atoms with van der Waals surface area (Å²) >= 11 is 1.54. The average Bonchev–Trinajstić information content (AvgIpc) is 3.75. The Hall–Kier alpha value is -4.30. The van der Waals surface area contributed by atoms with Gasteiger partial charge < -0.3 is 9.64 Å². The molecule has 8 heteroatoms. The molecule has 2 aliphatic heterocycles. The Bertz CT molecular complexity index is 1660. The number of thiophene rings is 1. The Morgan fingerprint density at radius 3 is 2.60 bits per heavy atom. The number of Topliss-reactive ketones (excluding diaryl/α,β-unsaturated/α-hetero) is 1. The number of amides is 2. The summed E-state index contributed by atoms with van der Waals surface area (Å²) in [7, 11) is 0. The monoisotopic (exact) mass is 549 g/mol. The van der Waals surface area contributed by atoms with Crippen molar-refractivity contribution in [2.75, 3.05) is 29.5 Å². The van der Waals surface area contributed by atoms with Crippen LogP contribution in [0, 0.1) is 5.92 Å². The summed E-state index contributed by atoms with van der Waals surface area (Å²) < 4.78 is 5.78. The fourth-order valence-corrected chi connectivity index (χ4v) is 6.63. The van der Waals surface area contributed by atoms with Crippen molar-refractivity contribution >= 4 is 40.4 Å². The molecule has 7 rings (SSSR count). The lowest BCUT2D eigenvalue weighted by Crippen LogP contribution is -2.35. The van der Waals surface area contributed by atoms with Gasteiger partial charge in [-0.2, -0.15) is 0 Å². The molecule has 2 amide bonds. The third kappa shape index (κ3) is 4.48. The van der Waals surface area contributed by atoms with Gasteiger partial charge in [-0.1, -0.05) is 36.4 Å². The summed E-state index contributed by atoms with van der Waals surface area (Å²) in [6, 6.07) is 22.2. The first-order chi connectivity index (χ1) is 19.6. The maximum Gasteiger partial charge on any atom is 0.276 e. The minimum absolute atomic E-state index is 0.207. The van der Waals surface area contributed by atoms with E-state index in [1.165, 1.54) is 11.3 Å². The highest BCUT2D eigenvalue weighted by molar-refractivity contribution is 7.17. The second-order valence-corrected chi connectivity index (χ2v) is 11.5. The SMILES string of the molecule is O=C(CC1CC1)c1cc2c(s1)-c1ccccc1N(C(=O)c1cccc(N3CCOc4ccccc4C3=O)n1)CC2. The average molecular weight is 550 g/mol. The van der Waals surface area contributed by atoms with Crippen LogP contribution in [0.5, 0.6) is 5.75 Å². The van der Waals surface area contributed by atoms with Crippen molar-refractivity contribution in [2.45, 2.75) is 25.7 Å². The van der Waals surface area contributed by atoms with Gasteiger partial charge in [0, 0.05) is 23.4 Å². The lowest BCUT2D eigenvalue weighted by Gasteiger charge is -2.24. The Balaban J connectivity index is 1.19. The van der Waals surface area contributed by atoms with Gasteiger partial charge in [-0.25, -0.2) is 4.98 Å². The van der Waals surface area contributed by atoms with Crippen molar-refractivity contribution in [1.29, 1.82) is 0 Å². The van der Waals surface area contributed by atoms with Gasteiger partial charge >= 0.3 is 0 Å². The second-order valence-electron chi connectivity index (χ2n) is 10.4. The van der Waals surface area contributed by atoms with Gasteiger partial charge in [0.05, 0.1) is 22.7 Å². The van der Waals surface area contributed by atoms with Crippen molar-refractivity contribution < 1.29 is 19.1 Å². The highest BCUT2D eigenvalue weighted by Gasteiger charge is 2.31. The molecule has 2 aromatic heterocycles. The molecule has 0 bridgehead atoms. The zero-order valence-electron chi connectivity index (χ0n) is 21.8. The van der Waals surface area contributed by atoms with E-state index in [0.717, 1.165) is 39.4 Å². The molecule has 4 heterocycles. The summed E-state index contributed by atoms with van der Waals surface area (Å²) in [6.45, 7) is 1.12. The summed E-state index contributed by atoms with van der Waals surface area (Å²) in [4.78, 5) is 50.0. The minimum atomic E-state index is -0.228. The number of rotatable bonds is 5. The number of aromatic nitrogens is 1. The Labute approximate surface area is 236 Å². The third-order valence-corrected chi connectivity index (χ3v) is 8.96. The molecule has 0 spiro atoms. The predicted molar refractivity (Wildman–Crippen MR) is 155 cm³/mol. The first kappa shape index (κ1) is 24.7. The first-order valence-electron chi connectivity index (χ1n) is 13.6. The number of pyridine rings is 1. The van der Waals surface area contributed by atoms with Gasteiger partial charge in [0.25, 0.3) is 11.8 Å². The predicted octanol–water partition coefficient (Wildman–Crippen LogP) is 6.04. The number of hydrogen-bond donors (Lipinski definition) is 0. The number of nitrogens with zero attached hydrogens (tertiary/aromatic N) is 3. The normalized spacial score (nSPS) is 16.2. The van der Waals surface area contributed by atoms with Crippen LogP contribution < -0.4 is 14.5 Å². The number of anilines is 2. The Morgan fingerprint density at radius 1 is 0.950 bits per heavy atom. The molecule has 0 atom stereocenters. The lowest BCUT2D eigenvalue weighted by atomic mass is 10.1. The van der Waals surface area contributed by atoms with E-state index in [0.29, 0.717) is 55.6 Å². The molecule has 0 N–H and O–H groups in total. The van der Waals surface area contributed by atoms with E-state index in [1.807, 2.05) is 36.4 Å². The molecule has 0 saturated heterocycles. The summed E-state index contributed by atoms with van der Waals surface area (Å²) in [5.74, 6) is 1.30. The fraction of sp³-hybridized carbons (Fsp3) is 0.250. The molecule has 2 aromatic carbocycles. The van der Waals surface area contributed by atoms with E-state index in [-0.39, 0.29) is 23.3 Å². The topological polar surface area (TPSA) is 79.8 Å². The van der Waals surface area contributed by atoms with E-state index in [1.54, 1.807) is 46.2 Å². The molecule has 1 saturated carbocycles. The van der Waals surface area contributed by atoms with Gasteiger partial charge in [0.2, 0.25) is 0 Å². The van der Waals surface area contributed by atoms with Crippen LogP contribution in [0.1, 0.15) is 55.3 Å². The van der Waals surface area contributed by atoms with Crippen LogP contribution in [0.4, 0.5) is 11.5 Å². The van der Waals surface area contributed by atoms with Gasteiger partial charge in [0.15, 0.2) is 5.78 Å². The fourth-order valence-electron chi connectivity index (χ4n) is 5.44. The molecule has 7 nitrogen and oxygen atoms in total. The minimum Gasteiger partial charge on any atom is -0.491 e. The third-order valence-electron chi connectivity index (χ3n) is 7.71. The number of carbonyl (C=O) groups is 3. The van der Waals surface area contributed by atoms with Gasteiger partial charge in [0.1, 0.15) is 23.9 Å². The van der Waals surface area contributed by atoms with Crippen LogP contribution in [-0.2, 0) is 6.42 Å². The van der Waals surface area contributed by atoms with E-state index < -0.39 is 0 Å². The standard InChI is InChI=1S/C32H27N3O4S/c36-26(18-20-12-13-20)28-19-21-14-15-34(25-9-3-1-6-22(25)30(21)40-28)32(38)24-8-5-11-29(33-24)35-16-17-39-27-10-4-2-7-23(27)31(35)37/h1-11,19-20H,12-18H2. The van der Waals surface area contributed by atoms with Crippen molar-refractivity contribution in [3.8, 4) is 16.2 Å². The van der Waals surface area contributed by atoms with E-state index in [9.17, 15) is 14.4 Å². The number of carbonyl (C=O) groups excluding carboxylic acids is 3. The van der Waals surface area contributed by atoms with Crippen molar-refractivity contribution in [3.63, 3.8) is 0 Å². The number of benzene rings is 2. The smallest absolute Gasteiger partial charge is 0.276 e. The largest absolute Gasteiger partial charge is 0.491 e. The molecule has 4 aromatic rings. The maximum atomic E-state index is 14.0. The van der Waals surface area contributed by atoms with Gasteiger partial charge in [-0.3, -0.25) is 19.3 Å². The molecule has 200 valence electrons. The van der Waals surface area contributed by atoms with Crippen LogP contribution in [-0.4, -0.2) is 42.3 Å². The molecule has 0 unspecified atom stereocenters. The summed E-state index contributed by atoms with van der Waals surface area (Å²) in [5, 5.41) is 0. The van der Waals surface area contributed by atoms with Crippen molar-refractivity contribution in [3.05, 3.63) is 94.5 Å². The Morgan fingerprint density at radius 2 is 1.75 bits per heavy atom. The highest BCUT2D eigenvalue weighted by atomic mass is 32.1. The number of fused-ring (bicyclic) bond motifs is 4. The lowest BCUT2D eigenvalue weighted by molar-refractivity contribution is 0.0972. The van der Waals surface area contributed by atoms with E-state index >= 15 is 0 Å². The van der Waals surface area contributed by atoms with Crippen molar-refractivity contribution in [1.82, 2.24) is 4.98 Å². The molecule has 1 aliphatic carbocycles.